The number of amides is 1. The number of primary amides is 1. The highest BCUT2D eigenvalue weighted by molar-refractivity contribution is 5.95. The van der Waals surface area contributed by atoms with E-state index >= 15 is 0 Å². The van der Waals surface area contributed by atoms with Gasteiger partial charge in [0.15, 0.2) is 5.69 Å². The lowest BCUT2D eigenvalue weighted by Crippen LogP contribution is -2.14. The number of nitrogens with two attached hydrogens (primary N) is 2. The Morgan fingerprint density at radius 1 is 1.56 bits per heavy atom. The highest BCUT2D eigenvalue weighted by Gasteiger charge is 2.13. The number of nitrogens with zero attached hydrogens (tertiary/aromatic N) is 4. The zero-order valence-electron chi connectivity index (χ0n) is 8.54. The molecule has 2 heterocycles. The molecule has 4 N–H and O–H groups in total. The maximum atomic E-state index is 10.9. The maximum absolute atomic E-state index is 10.9. The summed E-state index contributed by atoms with van der Waals surface area (Å²) in [4.78, 5) is 10.9. The van der Waals surface area contributed by atoms with Crippen molar-refractivity contribution in [1.82, 2.24) is 20.1 Å². The zero-order chi connectivity index (χ0) is 11.7. The normalized spacial score (nSPS) is 10.6. The number of carbonyl (C=O) groups is 1. The Kier molecular flexibility index (Phi) is 2.31. The van der Waals surface area contributed by atoms with Crippen LogP contribution in [0.2, 0.25) is 0 Å². The van der Waals surface area contributed by atoms with E-state index in [0.29, 0.717) is 17.9 Å². The second-order valence-corrected chi connectivity index (χ2v) is 3.29. The third kappa shape index (κ3) is 1.72. The lowest BCUT2D eigenvalue weighted by atomic mass is 10.3. The Morgan fingerprint density at radius 3 is 2.81 bits per heavy atom. The van der Waals surface area contributed by atoms with Crippen molar-refractivity contribution >= 4 is 11.6 Å². The third-order valence-corrected chi connectivity index (χ3v) is 2.08. The van der Waals surface area contributed by atoms with Gasteiger partial charge in [-0.1, -0.05) is 10.3 Å². The number of carbonyl (C=O) groups excluding carboxylic acids is 1. The molecule has 0 fully saturated rings. The van der Waals surface area contributed by atoms with Crippen LogP contribution in [0.15, 0.2) is 10.8 Å². The molecule has 8 nitrogen and oxygen atoms in total. The first-order chi connectivity index (χ1) is 7.58. The minimum Gasteiger partial charge on any atom is -0.396 e. The molecule has 0 saturated carbocycles. The quantitative estimate of drug-likeness (QED) is 0.707. The fraction of sp³-hybridized carbons (Fsp3) is 0.250. The summed E-state index contributed by atoms with van der Waals surface area (Å²) >= 11 is 0. The molecule has 8 heteroatoms. The molecular weight excluding hydrogens is 212 g/mol. The van der Waals surface area contributed by atoms with E-state index in [2.05, 4.69) is 20.0 Å². The molecule has 16 heavy (non-hydrogen) atoms. The number of rotatable bonds is 3. The van der Waals surface area contributed by atoms with E-state index < -0.39 is 5.91 Å². The summed E-state index contributed by atoms with van der Waals surface area (Å²) in [5, 5.41) is 11.3. The predicted molar refractivity (Wildman–Crippen MR) is 53.3 cm³/mol. The van der Waals surface area contributed by atoms with Crippen molar-refractivity contribution in [3.63, 3.8) is 0 Å². The standard InChI is InChI=1S/C8H10N6O2/c1-4-6(13-16-12-4)3-14-2-5(9)7(11-14)8(10)15/h2H,3,9H2,1H3,(H2,10,15). The molecular formula is C8H10N6O2. The zero-order valence-corrected chi connectivity index (χ0v) is 8.54. The second-order valence-electron chi connectivity index (χ2n) is 3.29. The Labute approximate surface area is 90.2 Å². The number of nitrogen functional groups attached to an aromatic ring is 1. The minimum absolute atomic E-state index is 0.0501. The van der Waals surface area contributed by atoms with E-state index in [-0.39, 0.29) is 11.4 Å². The molecule has 0 aromatic carbocycles. The van der Waals surface area contributed by atoms with Crippen molar-refractivity contribution in [2.24, 2.45) is 5.73 Å². The van der Waals surface area contributed by atoms with Crippen LogP contribution in [-0.4, -0.2) is 26.0 Å². The highest BCUT2D eigenvalue weighted by atomic mass is 16.6. The number of hydrogen-bond acceptors (Lipinski definition) is 6. The minimum atomic E-state index is -0.661. The van der Waals surface area contributed by atoms with Gasteiger partial charge in [-0.25, -0.2) is 4.63 Å². The van der Waals surface area contributed by atoms with Crippen molar-refractivity contribution in [1.29, 1.82) is 0 Å². The molecule has 0 radical (unpaired) electrons. The van der Waals surface area contributed by atoms with Crippen LogP contribution >= 0.6 is 0 Å². The molecule has 0 bridgehead atoms. The Hall–Kier alpha value is -2.38. The fourth-order valence-corrected chi connectivity index (χ4v) is 1.26. The molecule has 0 unspecified atom stereocenters. The molecule has 2 aromatic rings. The SMILES string of the molecule is Cc1nonc1Cn1cc(N)c(C(N)=O)n1. The molecule has 0 aliphatic rings. The molecule has 2 rings (SSSR count). The van der Waals surface area contributed by atoms with Gasteiger partial charge < -0.3 is 11.5 Å². The van der Waals surface area contributed by atoms with Crippen molar-refractivity contribution in [2.75, 3.05) is 5.73 Å². The first-order valence-corrected chi connectivity index (χ1v) is 4.48. The van der Waals surface area contributed by atoms with Crippen LogP contribution in [0.1, 0.15) is 21.9 Å². The Balaban J connectivity index is 2.26. The van der Waals surface area contributed by atoms with Crippen LogP contribution in [0.4, 0.5) is 5.69 Å². The molecule has 84 valence electrons. The fourth-order valence-electron chi connectivity index (χ4n) is 1.26. The Bertz CT molecular complexity index is 528. The summed E-state index contributed by atoms with van der Waals surface area (Å²) < 4.78 is 6.00. The van der Waals surface area contributed by atoms with Crippen LogP contribution in [0, 0.1) is 6.92 Å². The molecule has 0 saturated heterocycles. The van der Waals surface area contributed by atoms with Gasteiger partial charge in [0.2, 0.25) is 0 Å². The molecule has 1 amide bonds. The van der Waals surface area contributed by atoms with Gasteiger partial charge in [0.25, 0.3) is 5.91 Å². The van der Waals surface area contributed by atoms with E-state index in [1.807, 2.05) is 0 Å². The maximum Gasteiger partial charge on any atom is 0.271 e. The summed E-state index contributed by atoms with van der Waals surface area (Å²) in [6.45, 7) is 2.08. The van der Waals surface area contributed by atoms with Gasteiger partial charge in [0.05, 0.1) is 12.2 Å². The molecule has 0 atom stereocenters. The predicted octanol–water partition coefficient (Wildman–Crippen LogP) is -0.696. The van der Waals surface area contributed by atoms with Gasteiger partial charge in [-0.05, 0) is 6.92 Å². The lowest BCUT2D eigenvalue weighted by Gasteiger charge is -1.95. The smallest absolute Gasteiger partial charge is 0.271 e. The second kappa shape index (κ2) is 3.65. The first-order valence-electron chi connectivity index (χ1n) is 4.48. The summed E-state index contributed by atoms with van der Waals surface area (Å²) in [6.07, 6.45) is 1.51. The number of aryl methyl sites for hydroxylation is 1. The van der Waals surface area contributed by atoms with Crippen molar-refractivity contribution in [3.05, 3.63) is 23.3 Å². The number of hydrogen-bond donors (Lipinski definition) is 2. The molecule has 0 spiro atoms. The third-order valence-electron chi connectivity index (χ3n) is 2.08. The summed E-state index contributed by atoms with van der Waals surface area (Å²) in [7, 11) is 0. The molecule has 0 aliphatic carbocycles. The monoisotopic (exact) mass is 222 g/mol. The average Bonchev–Trinajstić information content (AvgIpc) is 2.75. The first kappa shape index (κ1) is 10.1. The summed E-state index contributed by atoms with van der Waals surface area (Å²) in [5.41, 5.74) is 12.2. The van der Waals surface area contributed by atoms with E-state index in [1.165, 1.54) is 10.9 Å². The van der Waals surface area contributed by atoms with Crippen LogP contribution in [0.25, 0.3) is 0 Å². The van der Waals surface area contributed by atoms with E-state index in [4.69, 9.17) is 11.5 Å². The van der Waals surface area contributed by atoms with Gasteiger partial charge >= 0.3 is 0 Å². The van der Waals surface area contributed by atoms with Crippen LogP contribution in [-0.2, 0) is 6.54 Å². The average molecular weight is 222 g/mol. The van der Waals surface area contributed by atoms with E-state index in [0.717, 1.165) is 0 Å². The summed E-state index contributed by atoms with van der Waals surface area (Å²) in [6, 6.07) is 0. The van der Waals surface area contributed by atoms with Crippen LogP contribution < -0.4 is 11.5 Å². The lowest BCUT2D eigenvalue weighted by molar-refractivity contribution is 0.0995. The van der Waals surface area contributed by atoms with E-state index in [1.54, 1.807) is 6.92 Å². The Morgan fingerprint density at radius 2 is 2.31 bits per heavy atom. The number of aromatic nitrogens is 4. The van der Waals surface area contributed by atoms with Crippen molar-refractivity contribution in [3.8, 4) is 0 Å². The van der Waals surface area contributed by atoms with Gasteiger partial charge in [0.1, 0.15) is 11.4 Å². The van der Waals surface area contributed by atoms with Crippen molar-refractivity contribution < 1.29 is 9.42 Å². The highest BCUT2D eigenvalue weighted by Crippen LogP contribution is 2.10. The molecule has 2 aromatic heterocycles. The topological polar surface area (TPSA) is 126 Å². The van der Waals surface area contributed by atoms with Gasteiger partial charge in [-0.3, -0.25) is 9.48 Å². The molecule has 0 aliphatic heterocycles. The van der Waals surface area contributed by atoms with Crippen LogP contribution in [0.3, 0.4) is 0 Å². The summed E-state index contributed by atoms with van der Waals surface area (Å²) in [5.74, 6) is -0.661. The van der Waals surface area contributed by atoms with Gasteiger partial charge in [-0.15, -0.1) is 0 Å². The van der Waals surface area contributed by atoms with Crippen molar-refractivity contribution in [2.45, 2.75) is 13.5 Å². The largest absolute Gasteiger partial charge is 0.396 e. The van der Waals surface area contributed by atoms with Gasteiger partial charge in [0, 0.05) is 6.20 Å². The van der Waals surface area contributed by atoms with E-state index in [9.17, 15) is 4.79 Å². The number of anilines is 1. The van der Waals surface area contributed by atoms with Gasteiger partial charge in [-0.2, -0.15) is 5.10 Å². The van der Waals surface area contributed by atoms with Crippen LogP contribution in [0.5, 0.6) is 0 Å².